The third kappa shape index (κ3) is 4.60. The van der Waals surface area contributed by atoms with Gasteiger partial charge in [0.15, 0.2) is 11.6 Å². The summed E-state index contributed by atoms with van der Waals surface area (Å²) in [5.74, 6) is -2.60. The second-order valence-electron chi connectivity index (χ2n) is 8.75. The predicted molar refractivity (Wildman–Crippen MR) is 150 cm³/mol. The third-order valence-corrected chi connectivity index (χ3v) is 6.61. The summed E-state index contributed by atoms with van der Waals surface area (Å²) >= 11 is 6.37. The molecule has 40 heavy (non-hydrogen) atoms. The molecule has 202 valence electrons. The van der Waals surface area contributed by atoms with Crippen LogP contribution in [0.5, 0.6) is 5.75 Å². The lowest BCUT2D eigenvalue weighted by atomic mass is 10.0. The zero-order valence-corrected chi connectivity index (χ0v) is 22.0. The van der Waals surface area contributed by atoms with Crippen molar-refractivity contribution in [2.75, 3.05) is 18.2 Å². The molecule has 0 radical (unpaired) electrons. The Morgan fingerprint density at radius 2 is 1.82 bits per heavy atom. The molecule has 0 aliphatic carbocycles. The van der Waals surface area contributed by atoms with E-state index in [1.54, 1.807) is 49.4 Å². The topological polar surface area (TPSA) is 132 Å². The Labute approximate surface area is 231 Å². The molecule has 0 saturated carbocycles. The highest BCUT2D eigenvalue weighted by molar-refractivity contribution is 6.35. The molecule has 5 aromatic rings. The zero-order chi connectivity index (χ0) is 28.6. The number of anilines is 2. The summed E-state index contributed by atoms with van der Waals surface area (Å²) in [5.41, 5.74) is 5.78. The number of nitrogens with zero attached hydrogens (tertiary/aromatic N) is 4. The van der Waals surface area contributed by atoms with E-state index in [-0.39, 0.29) is 44.5 Å². The Bertz CT molecular complexity index is 1830. The number of hydrogen-bond donors (Lipinski definition) is 3. The largest absolute Gasteiger partial charge is 0.494 e. The summed E-state index contributed by atoms with van der Waals surface area (Å²) < 4.78 is 35.6. The van der Waals surface area contributed by atoms with E-state index in [1.807, 2.05) is 6.07 Å². The van der Waals surface area contributed by atoms with Gasteiger partial charge >= 0.3 is 0 Å². The van der Waals surface area contributed by atoms with Crippen molar-refractivity contribution in [3.05, 3.63) is 111 Å². The molecule has 3 aromatic carbocycles. The average Bonchev–Trinajstić information content (AvgIpc) is 2.94. The molecule has 0 aliphatic heterocycles. The van der Waals surface area contributed by atoms with Gasteiger partial charge in [-0.2, -0.15) is 4.39 Å². The molecule has 12 heteroatoms. The van der Waals surface area contributed by atoms with Crippen molar-refractivity contribution in [2.24, 2.45) is 0 Å². The van der Waals surface area contributed by atoms with E-state index in [4.69, 9.17) is 32.5 Å². The van der Waals surface area contributed by atoms with Crippen LogP contribution in [0.4, 0.5) is 20.4 Å². The van der Waals surface area contributed by atoms with Gasteiger partial charge in [0.05, 0.1) is 46.0 Å². The van der Waals surface area contributed by atoms with Crippen molar-refractivity contribution in [1.29, 1.82) is 5.41 Å². The van der Waals surface area contributed by atoms with Gasteiger partial charge in [-0.25, -0.2) is 19.3 Å². The van der Waals surface area contributed by atoms with Crippen LogP contribution in [0, 0.1) is 17.0 Å². The van der Waals surface area contributed by atoms with E-state index < -0.39 is 23.4 Å². The highest BCUT2D eigenvalue weighted by atomic mass is 35.5. The van der Waals surface area contributed by atoms with Crippen LogP contribution in [-0.4, -0.2) is 32.3 Å². The first kappa shape index (κ1) is 26.7. The molecular formula is C28H22ClF2N7O2. The second-order valence-corrected chi connectivity index (χ2v) is 9.15. The van der Waals surface area contributed by atoms with E-state index in [0.717, 1.165) is 0 Å². The number of nitrogen functional groups attached to an aromatic ring is 1. The molecule has 0 amide bonds. The van der Waals surface area contributed by atoms with E-state index >= 15 is 0 Å². The number of halogens is 3. The number of fused-ring (bicyclic) bond motifs is 1. The summed E-state index contributed by atoms with van der Waals surface area (Å²) in [6.45, 7) is 1.73. The second kappa shape index (κ2) is 10.7. The first-order valence-electron chi connectivity index (χ1n) is 12.0. The number of nitrogens with one attached hydrogen (secondary N) is 2. The van der Waals surface area contributed by atoms with Crippen LogP contribution in [0.25, 0.3) is 16.6 Å². The Balaban J connectivity index is 1.63. The van der Waals surface area contributed by atoms with E-state index in [1.165, 1.54) is 30.1 Å². The van der Waals surface area contributed by atoms with Crippen LogP contribution in [-0.2, 0) is 0 Å². The van der Waals surface area contributed by atoms with Gasteiger partial charge in [-0.1, -0.05) is 35.9 Å². The minimum atomic E-state index is -1.28. The Kier molecular flexibility index (Phi) is 7.14. The number of para-hydroxylation sites is 1. The SMILES string of the molecule is COc1ccc(C(=N)c2c(N)ncnc2NC(C)c2nc3cccc(Cl)c3c(=O)n2-c2ccccc2)c(F)c1F. The van der Waals surface area contributed by atoms with Crippen LogP contribution in [0.15, 0.2) is 71.8 Å². The quantitative estimate of drug-likeness (QED) is 0.230. The van der Waals surface area contributed by atoms with Gasteiger partial charge < -0.3 is 15.8 Å². The highest BCUT2D eigenvalue weighted by Gasteiger charge is 2.25. The number of nitrogens with two attached hydrogens (primary N) is 1. The predicted octanol–water partition coefficient (Wildman–Crippen LogP) is 5.29. The fourth-order valence-electron chi connectivity index (χ4n) is 4.37. The molecule has 2 heterocycles. The van der Waals surface area contributed by atoms with Crippen LogP contribution in [0.3, 0.4) is 0 Å². The maximum absolute atomic E-state index is 14.9. The van der Waals surface area contributed by atoms with Gasteiger partial charge in [0.2, 0.25) is 5.82 Å². The molecule has 1 atom stereocenters. The van der Waals surface area contributed by atoms with Gasteiger partial charge in [0.1, 0.15) is 23.8 Å². The van der Waals surface area contributed by atoms with E-state index in [9.17, 15) is 13.6 Å². The van der Waals surface area contributed by atoms with Crippen molar-refractivity contribution >= 4 is 39.9 Å². The van der Waals surface area contributed by atoms with Gasteiger partial charge in [-0.3, -0.25) is 14.8 Å². The molecule has 0 bridgehead atoms. The number of methoxy groups -OCH3 is 1. The standard InChI is InChI=1S/C28H22ClF2N7O2/c1-14(27-37-18-10-6-9-17(29)20(18)28(39)38(27)15-7-4-3-5-8-15)36-26-21(25(33)34-13-35-26)24(32)16-11-12-19(40-2)23(31)22(16)30/h3-14,32H,1-2H3,(H3,33,34,35,36). The summed E-state index contributed by atoms with van der Waals surface area (Å²) in [5, 5.41) is 12.3. The van der Waals surface area contributed by atoms with Crippen molar-refractivity contribution < 1.29 is 13.5 Å². The molecule has 0 spiro atoms. The maximum atomic E-state index is 14.9. The smallest absolute Gasteiger partial charge is 0.267 e. The monoisotopic (exact) mass is 561 g/mol. The number of rotatable bonds is 7. The molecule has 0 aliphatic rings. The molecule has 0 fully saturated rings. The van der Waals surface area contributed by atoms with Crippen LogP contribution in [0.1, 0.15) is 29.9 Å². The minimum Gasteiger partial charge on any atom is -0.494 e. The van der Waals surface area contributed by atoms with Gasteiger partial charge in [-0.15, -0.1) is 0 Å². The first-order valence-corrected chi connectivity index (χ1v) is 12.4. The van der Waals surface area contributed by atoms with Crippen molar-refractivity contribution in [2.45, 2.75) is 13.0 Å². The van der Waals surface area contributed by atoms with Crippen molar-refractivity contribution in [3.8, 4) is 11.4 Å². The van der Waals surface area contributed by atoms with E-state index in [2.05, 4.69) is 15.3 Å². The average molecular weight is 562 g/mol. The van der Waals surface area contributed by atoms with E-state index in [0.29, 0.717) is 17.0 Å². The highest BCUT2D eigenvalue weighted by Crippen LogP contribution is 2.30. The van der Waals surface area contributed by atoms with Crippen LogP contribution in [0.2, 0.25) is 5.02 Å². The summed E-state index contributed by atoms with van der Waals surface area (Å²) in [4.78, 5) is 26.6. The number of benzene rings is 3. The normalized spacial score (nSPS) is 11.8. The number of aromatic nitrogens is 4. The zero-order valence-electron chi connectivity index (χ0n) is 21.2. The molecule has 2 aromatic heterocycles. The summed E-state index contributed by atoms with van der Waals surface area (Å²) in [6, 6.07) is 15.6. The Hall–Kier alpha value is -4.90. The number of hydrogen-bond acceptors (Lipinski definition) is 8. The first-order chi connectivity index (χ1) is 19.2. The number of ether oxygens (including phenoxy) is 1. The van der Waals surface area contributed by atoms with Gasteiger partial charge in [0, 0.05) is 5.56 Å². The van der Waals surface area contributed by atoms with Gasteiger partial charge in [-0.05, 0) is 43.3 Å². The third-order valence-electron chi connectivity index (χ3n) is 6.29. The Morgan fingerprint density at radius 1 is 1.07 bits per heavy atom. The fraction of sp³-hybridized carbons (Fsp3) is 0.107. The molecule has 9 nitrogen and oxygen atoms in total. The lowest BCUT2D eigenvalue weighted by Gasteiger charge is -2.22. The van der Waals surface area contributed by atoms with Crippen LogP contribution >= 0.6 is 11.6 Å². The van der Waals surface area contributed by atoms with Crippen molar-refractivity contribution in [3.63, 3.8) is 0 Å². The summed E-state index contributed by atoms with van der Waals surface area (Å²) in [6.07, 6.45) is 1.17. The molecule has 4 N–H and O–H groups in total. The van der Waals surface area contributed by atoms with Crippen LogP contribution < -0.4 is 21.3 Å². The molecule has 5 rings (SSSR count). The fourth-order valence-corrected chi connectivity index (χ4v) is 4.62. The molecular weight excluding hydrogens is 540 g/mol. The Morgan fingerprint density at radius 3 is 2.55 bits per heavy atom. The lowest BCUT2D eigenvalue weighted by Crippen LogP contribution is -2.28. The summed E-state index contributed by atoms with van der Waals surface area (Å²) in [7, 11) is 1.21. The molecule has 0 saturated heterocycles. The minimum absolute atomic E-state index is 0.0562. The lowest BCUT2D eigenvalue weighted by molar-refractivity contribution is 0.371. The maximum Gasteiger partial charge on any atom is 0.267 e. The van der Waals surface area contributed by atoms with Crippen molar-refractivity contribution in [1.82, 2.24) is 19.5 Å². The van der Waals surface area contributed by atoms with Gasteiger partial charge in [0.25, 0.3) is 5.56 Å². The molecule has 1 unspecified atom stereocenters.